The molecule has 2 aliphatic rings. The number of aromatic nitrogens is 1. The fourth-order valence-electron chi connectivity index (χ4n) is 2.74. The molecule has 3 rings (SSSR count). The van der Waals surface area contributed by atoms with E-state index < -0.39 is 0 Å². The van der Waals surface area contributed by atoms with Crippen LogP contribution in [0.1, 0.15) is 32.1 Å². The molecule has 0 unspecified atom stereocenters. The number of anilines is 2. The standard InChI is InChI=1S/C14H19N4/c15-14-7-6-13(10-16-14)18-9-8-17(11-18)12-4-2-1-3-5-12/h6-8,10,12H,1-5,11H2,(H2,15,16). The summed E-state index contributed by atoms with van der Waals surface area (Å²) < 4.78 is 0. The summed E-state index contributed by atoms with van der Waals surface area (Å²) in [5.74, 6) is 0.561. The Morgan fingerprint density at radius 1 is 1.22 bits per heavy atom. The van der Waals surface area contributed by atoms with E-state index in [1.807, 2.05) is 12.1 Å². The third kappa shape index (κ3) is 2.28. The maximum absolute atomic E-state index is 5.60. The molecule has 2 heterocycles. The minimum Gasteiger partial charge on any atom is -0.384 e. The minimum atomic E-state index is 0.561. The smallest absolute Gasteiger partial charge is 0.123 e. The predicted octanol–water partition coefficient (Wildman–Crippen LogP) is 2.35. The molecule has 0 atom stereocenters. The van der Waals surface area contributed by atoms with Gasteiger partial charge in [0.1, 0.15) is 5.82 Å². The van der Waals surface area contributed by atoms with Gasteiger partial charge in [-0.3, -0.25) is 0 Å². The number of nitrogen functional groups attached to an aromatic ring is 1. The van der Waals surface area contributed by atoms with Gasteiger partial charge in [0.2, 0.25) is 0 Å². The highest BCUT2D eigenvalue weighted by Crippen LogP contribution is 2.26. The molecule has 1 fully saturated rings. The Bertz CT molecular complexity index is 420. The van der Waals surface area contributed by atoms with Crippen LogP contribution in [0.3, 0.4) is 0 Å². The molecule has 1 aliphatic heterocycles. The maximum Gasteiger partial charge on any atom is 0.123 e. The van der Waals surface area contributed by atoms with E-state index in [4.69, 9.17) is 5.73 Å². The summed E-state index contributed by atoms with van der Waals surface area (Å²) in [6, 6.07) is 4.52. The van der Waals surface area contributed by atoms with Gasteiger partial charge >= 0.3 is 0 Å². The van der Waals surface area contributed by atoms with E-state index in [0.29, 0.717) is 11.9 Å². The van der Waals surface area contributed by atoms with Crippen LogP contribution in [-0.2, 0) is 0 Å². The van der Waals surface area contributed by atoms with Crippen molar-refractivity contribution < 1.29 is 0 Å². The van der Waals surface area contributed by atoms with Crippen molar-refractivity contribution in [1.82, 2.24) is 9.88 Å². The zero-order chi connectivity index (χ0) is 12.4. The van der Waals surface area contributed by atoms with E-state index in [0.717, 1.165) is 12.4 Å². The quantitative estimate of drug-likeness (QED) is 0.866. The summed E-state index contributed by atoms with van der Waals surface area (Å²) in [5.41, 5.74) is 6.66. The molecule has 0 saturated heterocycles. The molecule has 0 spiro atoms. The molecule has 1 radical (unpaired) electrons. The second-order valence-electron chi connectivity index (χ2n) is 5.07. The third-order valence-electron chi connectivity index (χ3n) is 3.81. The zero-order valence-electron chi connectivity index (χ0n) is 10.5. The van der Waals surface area contributed by atoms with Gasteiger partial charge in [-0.1, -0.05) is 19.3 Å². The lowest BCUT2D eigenvalue weighted by molar-refractivity contribution is 0.232. The van der Waals surface area contributed by atoms with Gasteiger partial charge in [-0.25, -0.2) is 4.98 Å². The first-order valence-corrected chi connectivity index (χ1v) is 6.67. The molecule has 4 nitrogen and oxygen atoms in total. The van der Waals surface area contributed by atoms with E-state index in [2.05, 4.69) is 27.2 Å². The number of rotatable bonds is 2. The number of hydrogen-bond donors (Lipinski definition) is 1. The highest BCUT2D eigenvalue weighted by atomic mass is 15.4. The Morgan fingerprint density at radius 2 is 2.06 bits per heavy atom. The van der Waals surface area contributed by atoms with Gasteiger partial charge in [0.15, 0.2) is 0 Å². The largest absolute Gasteiger partial charge is 0.384 e. The molecule has 0 bridgehead atoms. The SMILES string of the molecule is Nc1ccc(N2[C]=CN(C3CCCCC3)C2)cn1. The molecular weight excluding hydrogens is 224 g/mol. The number of nitrogens with two attached hydrogens (primary N) is 1. The highest BCUT2D eigenvalue weighted by molar-refractivity contribution is 5.49. The topological polar surface area (TPSA) is 45.4 Å². The lowest BCUT2D eigenvalue weighted by Gasteiger charge is -2.32. The fraction of sp³-hybridized carbons (Fsp3) is 0.500. The number of nitrogens with zero attached hydrogens (tertiary/aromatic N) is 3. The Labute approximate surface area is 108 Å². The van der Waals surface area contributed by atoms with Crippen molar-refractivity contribution in [2.75, 3.05) is 17.3 Å². The van der Waals surface area contributed by atoms with Crippen molar-refractivity contribution in [1.29, 1.82) is 0 Å². The molecule has 0 aromatic carbocycles. The Balaban J connectivity index is 1.64. The molecular formula is C14H19N4. The summed E-state index contributed by atoms with van der Waals surface area (Å²) in [5, 5.41) is 0. The van der Waals surface area contributed by atoms with Crippen molar-refractivity contribution in [3.05, 3.63) is 30.7 Å². The summed E-state index contributed by atoms with van der Waals surface area (Å²) >= 11 is 0. The van der Waals surface area contributed by atoms with Crippen LogP contribution in [0.5, 0.6) is 0 Å². The fourth-order valence-corrected chi connectivity index (χ4v) is 2.74. The van der Waals surface area contributed by atoms with Crippen LogP contribution >= 0.6 is 0 Å². The van der Waals surface area contributed by atoms with Gasteiger partial charge in [-0.15, -0.1) is 0 Å². The van der Waals surface area contributed by atoms with Crippen LogP contribution in [0.25, 0.3) is 0 Å². The highest BCUT2D eigenvalue weighted by Gasteiger charge is 2.23. The molecule has 95 valence electrons. The third-order valence-corrected chi connectivity index (χ3v) is 3.81. The lowest BCUT2D eigenvalue weighted by atomic mass is 9.95. The van der Waals surface area contributed by atoms with E-state index in [-0.39, 0.29) is 0 Å². The molecule has 1 aliphatic carbocycles. The lowest BCUT2D eigenvalue weighted by Crippen LogP contribution is -2.35. The van der Waals surface area contributed by atoms with Crippen molar-refractivity contribution >= 4 is 11.5 Å². The van der Waals surface area contributed by atoms with E-state index in [1.54, 1.807) is 6.20 Å². The summed E-state index contributed by atoms with van der Waals surface area (Å²) in [6.45, 7) is 0.885. The van der Waals surface area contributed by atoms with Crippen molar-refractivity contribution in [3.8, 4) is 0 Å². The average molecular weight is 243 g/mol. The van der Waals surface area contributed by atoms with Crippen molar-refractivity contribution in [3.63, 3.8) is 0 Å². The monoisotopic (exact) mass is 243 g/mol. The number of pyridine rings is 1. The molecule has 1 aromatic heterocycles. The summed E-state index contributed by atoms with van der Waals surface area (Å²) in [4.78, 5) is 8.62. The summed E-state index contributed by atoms with van der Waals surface area (Å²) in [7, 11) is 0. The first-order valence-electron chi connectivity index (χ1n) is 6.67. The van der Waals surface area contributed by atoms with E-state index >= 15 is 0 Å². The average Bonchev–Trinajstić information content (AvgIpc) is 2.90. The first kappa shape index (κ1) is 11.4. The molecule has 1 aromatic rings. The summed E-state index contributed by atoms with van der Waals surface area (Å²) in [6.07, 6.45) is 13.9. The van der Waals surface area contributed by atoms with Crippen LogP contribution in [0.4, 0.5) is 11.5 Å². The van der Waals surface area contributed by atoms with Gasteiger partial charge in [-0.05, 0) is 25.0 Å². The first-order chi connectivity index (χ1) is 8.83. The van der Waals surface area contributed by atoms with Crippen LogP contribution in [0, 0.1) is 6.20 Å². The second-order valence-corrected chi connectivity index (χ2v) is 5.07. The van der Waals surface area contributed by atoms with Crippen molar-refractivity contribution in [2.24, 2.45) is 0 Å². The van der Waals surface area contributed by atoms with Gasteiger partial charge in [-0.2, -0.15) is 0 Å². The second kappa shape index (κ2) is 4.88. The minimum absolute atomic E-state index is 0.561. The Hall–Kier alpha value is -1.71. The van der Waals surface area contributed by atoms with Gasteiger partial charge in [0.25, 0.3) is 0 Å². The van der Waals surface area contributed by atoms with E-state index in [1.165, 1.54) is 32.1 Å². The Morgan fingerprint density at radius 3 is 2.78 bits per heavy atom. The van der Waals surface area contributed by atoms with Crippen LogP contribution in [-0.4, -0.2) is 22.6 Å². The van der Waals surface area contributed by atoms with Gasteiger partial charge in [0.05, 0.1) is 24.8 Å². The number of hydrogen-bond acceptors (Lipinski definition) is 4. The van der Waals surface area contributed by atoms with Crippen molar-refractivity contribution in [2.45, 2.75) is 38.1 Å². The Kier molecular flexibility index (Phi) is 3.09. The normalized spacial score (nSPS) is 20.7. The van der Waals surface area contributed by atoms with E-state index in [9.17, 15) is 0 Å². The predicted molar refractivity (Wildman–Crippen MR) is 72.5 cm³/mol. The molecule has 2 N–H and O–H groups in total. The molecule has 4 heteroatoms. The van der Waals surface area contributed by atoms with Crippen LogP contribution in [0.2, 0.25) is 0 Å². The van der Waals surface area contributed by atoms with Crippen LogP contribution in [0.15, 0.2) is 24.5 Å². The molecule has 0 amide bonds. The van der Waals surface area contributed by atoms with Crippen LogP contribution < -0.4 is 10.6 Å². The van der Waals surface area contributed by atoms with Gasteiger partial charge < -0.3 is 15.5 Å². The molecule has 18 heavy (non-hydrogen) atoms. The zero-order valence-corrected chi connectivity index (χ0v) is 10.5. The maximum atomic E-state index is 5.60. The van der Waals surface area contributed by atoms with Gasteiger partial charge in [0, 0.05) is 12.2 Å². The molecule has 1 saturated carbocycles.